The van der Waals surface area contributed by atoms with Gasteiger partial charge in [-0.1, -0.05) is 34.1 Å². The van der Waals surface area contributed by atoms with E-state index in [4.69, 9.17) is 0 Å². The number of aryl methyl sites for hydroxylation is 2. The van der Waals surface area contributed by atoms with Gasteiger partial charge in [-0.05, 0) is 49.2 Å². The molecule has 1 heterocycles. The van der Waals surface area contributed by atoms with Gasteiger partial charge in [-0.25, -0.2) is 0 Å². The number of aromatic nitrogens is 1. The highest BCUT2D eigenvalue weighted by Gasteiger charge is 2.13. The van der Waals surface area contributed by atoms with E-state index in [1.54, 1.807) is 0 Å². The van der Waals surface area contributed by atoms with Gasteiger partial charge in [0.15, 0.2) is 0 Å². The predicted molar refractivity (Wildman–Crippen MR) is 78.8 cm³/mol. The number of hydrogen-bond donors (Lipinski definition) is 1. The summed E-state index contributed by atoms with van der Waals surface area (Å²) in [6, 6.07) is 8.80. The Balaban J connectivity index is 2.42. The summed E-state index contributed by atoms with van der Waals surface area (Å²) in [5.74, 6) is 0. The van der Waals surface area contributed by atoms with E-state index in [9.17, 15) is 0 Å². The Bertz CT molecular complexity index is 552. The van der Waals surface area contributed by atoms with Gasteiger partial charge in [0.2, 0.25) is 0 Å². The second-order valence-electron chi connectivity index (χ2n) is 4.53. The lowest BCUT2D eigenvalue weighted by molar-refractivity contribution is 0.687. The summed E-state index contributed by atoms with van der Waals surface area (Å²) < 4.78 is 1.14. The highest BCUT2D eigenvalue weighted by atomic mass is 79.9. The molecule has 0 spiro atoms. The molecule has 0 saturated heterocycles. The Labute approximate surface area is 117 Å². The fourth-order valence-electron chi connectivity index (χ4n) is 2.05. The molecule has 1 N–H and O–H groups in total. The van der Waals surface area contributed by atoms with Crippen LogP contribution in [0.5, 0.6) is 0 Å². The van der Waals surface area contributed by atoms with E-state index < -0.39 is 0 Å². The number of benzene rings is 1. The minimum Gasteiger partial charge on any atom is -0.309 e. The highest BCUT2D eigenvalue weighted by molar-refractivity contribution is 9.10. The fraction of sp³-hybridized carbons (Fsp3) is 0.267. The topological polar surface area (TPSA) is 24.9 Å². The molecular formula is C15H17BrN2. The summed E-state index contributed by atoms with van der Waals surface area (Å²) in [4.78, 5) is 4.27. The second kappa shape index (κ2) is 5.63. The first kappa shape index (κ1) is 13.2. The molecule has 2 rings (SSSR count). The molecule has 0 aliphatic heterocycles. The summed E-state index contributed by atoms with van der Waals surface area (Å²) in [6.45, 7) is 4.16. The standard InChI is InChI=1S/C15H17BrN2/c1-10-6-13(9-18-8-10)15(17-3)12-5-4-11(2)14(16)7-12/h4-9,15,17H,1-3H3. The number of hydrogen-bond acceptors (Lipinski definition) is 2. The van der Waals surface area contributed by atoms with Crippen molar-refractivity contribution in [1.29, 1.82) is 0 Å². The molecule has 0 bridgehead atoms. The fourth-order valence-corrected chi connectivity index (χ4v) is 2.45. The van der Waals surface area contributed by atoms with Crippen molar-refractivity contribution >= 4 is 15.9 Å². The van der Waals surface area contributed by atoms with Gasteiger partial charge < -0.3 is 5.32 Å². The molecule has 2 nitrogen and oxygen atoms in total. The van der Waals surface area contributed by atoms with E-state index in [-0.39, 0.29) is 6.04 Å². The third-order valence-corrected chi connectivity index (χ3v) is 3.90. The van der Waals surface area contributed by atoms with Crippen molar-refractivity contribution < 1.29 is 0 Å². The second-order valence-corrected chi connectivity index (χ2v) is 5.38. The smallest absolute Gasteiger partial charge is 0.0590 e. The first-order chi connectivity index (χ1) is 8.61. The van der Waals surface area contributed by atoms with Crippen LogP contribution in [0.3, 0.4) is 0 Å². The molecule has 2 aromatic rings. The van der Waals surface area contributed by atoms with Gasteiger partial charge in [-0.15, -0.1) is 0 Å². The Morgan fingerprint density at radius 3 is 2.50 bits per heavy atom. The van der Waals surface area contributed by atoms with Crippen LogP contribution >= 0.6 is 15.9 Å². The van der Waals surface area contributed by atoms with Crippen molar-refractivity contribution in [3.8, 4) is 0 Å². The van der Waals surface area contributed by atoms with Crippen molar-refractivity contribution in [2.24, 2.45) is 0 Å². The maximum atomic E-state index is 4.27. The van der Waals surface area contributed by atoms with Crippen LogP contribution in [-0.2, 0) is 0 Å². The van der Waals surface area contributed by atoms with Crippen molar-refractivity contribution in [2.45, 2.75) is 19.9 Å². The van der Waals surface area contributed by atoms with Gasteiger partial charge in [-0.2, -0.15) is 0 Å². The van der Waals surface area contributed by atoms with Crippen molar-refractivity contribution in [3.63, 3.8) is 0 Å². The van der Waals surface area contributed by atoms with Gasteiger partial charge in [0.05, 0.1) is 6.04 Å². The van der Waals surface area contributed by atoms with Crippen molar-refractivity contribution in [2.75, 3.05) is 7.05 Å². The molecular weight excluding hydrogens is 288 g/mol. The summed E-state index contributed by atoms with van der Waals surface area (Å²) >= 11 is 3.59. The Kier molecular flexibility index (Phi) is 4.15. The van der Waals surface area contributed by atoms with Crippen LogP contribution in [0.15, 0.2) is 41.1 Å². The first-order valence-electron chi connectivity index (χ1n) is 5.96. The summed E-state index contributed by atoms with van der Waals surface area (Å²) in [6.07, 6.45) is 3.79. The zero-order chi connectivity index (χ0) is 13.1. The molecule has 1 unspecified atom stereocenters. The van der Waals surface area contributed by atoms with Crippen LogP contribution in [0.4, 0.5) is 0 Å². The Morgan fingerprint density at radius 2 is 1.89 bits per heavy atom. The van der Waals surface area contributed by atoms with E-state index in [0.717, 1.165) is 4.47 Å². The van der Waals surface area contributed by atoms with E-state index in [2.05, 4.69) is 64.3 Å². The monoisotopic (exact) mass is 304 g/mol. The number of halogens is 1. The third-order valence-electron chi connectivity index (χ3n) is 3.05. The molecule has 0 radical (unpaired) electrons. The Hall–Kier alpha value is -1.19. The van der Waals surface area contributed by atoms with Gasteiger partial charge >= 0.3 is 0 Å². The molecule has 94 valence electrons. The average Bonchev–Trinajstić information content (AvgIpc) is 2.35. The molecule has 0 fully saturated rings. The number of nitrogens with one attached hydrogen (secondary N) is 1. The van der Waals surface area contributed by atoms with E-state index >= 15 is 0 Å². The SMILES string of the molecule is CNC(c1cncc(C)c1)c1ccc(C)c(Br)c1. The van der Waals surface area contributed by atoms with E-state index in [1.165, 1.54) is 22.3 Å². The predicted octanol–water partition coefficient (Wildman–Crippen LogP) is 3.77. The van der Waals surface area contributed by atoms with Crippen LogP contribution in [-0.4, -0.2) is 12.0 Å². The number of rotatable bonds is 3. The zero-order valence-electron chi connectivity index (χ0n) is 10.9. The molecule has 1 aromatic heterocycles. The first-order valence-corrected chi connectivity index (χ1v) is 6.76. The minimum atomic E-state index is 0.175. The quantitative estimate of drug-likeness (QED) is 0.933. The summed E-state index contributed by atoms with van der Waals surface area (Å²) in [5, 5.41) is 3.35. The number of nitrogens with zero attached hydrogens (tertiary/aromatic N) is 1. The minimum absolute atomic E-state index is 0.175. The largest absolute Gasteiger partial charge is 0.309 e. The lowest BCUT2D eigenvalue weighted by Gasteiger charge is -2.18. The summed E-state index contributed by atoms with van der Waals surface area (Å²) in [7, 11) is 1.97. The van der Waals surface area contributed by atoms with Crippen molar-refractivity contribution in [3.05, 3.63) is 63.4 Å². The van der Waals surface area contributed by atoms with Crippen LogP contribution in [0.25, 0.3) is 0 Å². The van der Waals surface area contributed by atoms with Gasteiger partial charge in [0.25, 0.3) is 0 Å². The van der Waals surface area contributed by atoms with Crippen LogP contribution in [0, 0.1) is 13.8 Å². The van der Waals surface area contributed by atoms with E-state index in [1.807, 2.05) is 19.4 Å². The van der Waals surface area contributed by atoms with Gasteiger partial charge in [-0.3, -0.25) is 4.98 Å². The number of pyridine rings is 1. The lowest BCUT2D eigenvalue weighted by atomic mass is 9.98. The maximum absolute atomic E-state index is 4.27. The maximum Gasteiger partial charge on any atom is 0.0590 e. The molecule has 3 heteroatoms. The lowest BCUT2D eigenvalue weighted by Crippen LogP contribution is -2.18. The molecule has 0 aliphatic rings. The van der Waals surface area contributed by atoms with Gasteiger partial charge in [0.1, 0.15) is 0 Å². The normalized spacial score (nSPS) is 12.4. The Morgan fingerprint density at radius 1 is 1.11 bits per heavy atom. The molecule has 0 saturated carbocycles. The highest BCUT2D eigenvalue weighted by Crippen LogP contribution is 2.26. The van der Waals surface area contributed by atoms with E-state index in [0.29, 0.717) is 0 Å². The van der Waals surface area contributed by atoms with Gasteiger partial charge in [0, 0.05) is 16.9 Å². The van der Waals surface area contributed by atoms with Crippen molar-refractivity contribution in [1.82, 2.24) is 10.3 Å². The van der Waals surface area contributed by atoms with Crippen LogP contribution in [0.2, 0.25) is 0 Å². The van der Waals surface area contributed by atoms with Crippen LogP contribution < -0.4 is 5.32 Å². The third kappa shape index (κ3) is 2.79. The molecule has 0 aliphatic carbocycles. The summed E-state index contributed by atoms with van der Waals surface area (Å²) in [5.41, 5.74) is 4.85. The molecule has 1 aromatic carbocycles. The molecule has 1 atom stereocenters. The molecule has 18 heavy (non-hydrogen) atoms. The van der Waals surface area contributed by atoms with Crippen LogP contribution in [0.1, 0.15) is 28.3 Å². The zero-order valence-corrected chi connectivity index (χ0v) is 12.5. The molecule has 0 amide bonds. The average molecular weight is 305 g/mol.